The fraction of sp³-hybridized carbons (Fsp3) is 0.833. The predicted molar refractivity (Wildman–Crippen MR) is 86.9 cm³/mol. The quantitative estimate of drug-likeness (QED) is 0.380. The predicted octanol–water partition coefficient (Wildman–Crippen LogP) is 4.89. The van der Waals surface area contributed by atoms with Crippen LogP contribution in [0, 0.1) is 0 Å². The summed E-state index contributed by atoms with van der Waals surface area (Å²) in [7, 11) is 0. The van der Waals surface area contributed by atoms with Crippen LogP contribution in [-0.2, 0) is 19.5 Å². The highest BCUT2D eigenvalue weighted by Crippen LogP contribution is 2.10. The number of aryl methyl sites for hydroxylation is 2. The zero-order valence-corrected chi connectivity index (χ0v) is 14.0. The molecule has 116 valence electrons. The molecule has 1 rings (SSSR count). The van der Waals surface area contributed by atoms with Gasteiger partial charge in [0.25, 0.3) is 5.82 Å². The van der Waals surface area contributed by atoms with Crippen molar-refractivity contribution in [2.75, 3.05) is 0 Å². The smallest absolute Gasteiger partial charge is 0.235 e. The number of hydrogen-bond donors (Lipinski definition) is 0. The van der Waals surface area contributed by atoms with Crippen LogP contribution in [0.3, 0.4) is 0 Å². The van der Waals surface area contributed by atoms with Crippen molar-refractivity contribution >= 4 is 0 Å². The number of nitrogens with zero attached hydrogens (tertiary/aromatic N) is 2. The van der Waals surface area contributed by atoms with E-state index in [1.54, 1.807) is 0 Å². The number of aromatic nitrogens is 2. The van der Waals surface area contributed by atoms with E-state index in [1.807, 2.05) is 0 Å². The molecule has 0 aliphatic carbocycles. The van der Waals surface area contributed by atoms with Gasteiger partial charge in [0.05, 0.1) is 13.1 Å². The van der Waals surface area contributed by atoms with Crippen LogP contribution in [0.4, 0.5) is 0 Å². The molecule has 0 bridgehead atoms. The molecule has 20 heavy (non-hydrogen) atoms. The van der Waals surface area contributed by atoms with Crippen molar-refractivity contribution in [3.05, 3.63) is 18.2 Å². The van der Waals surface area contributed by atoms with Gasteiger partial charge in [0.1, 0.15) is 12.4 Å². The van der Waals surface area contributed by atoms with Crippen molar-refractivity contribution in [2.45, 2.75) is 98.1 Å². The highest BCUT2D eigenvalue weighted by Gasteiger charge is 2.14. The molecule has 1 aromatic heterocycles. The number of hydrogen-bond acceptors (Lipinski definition) is 0. The third kappa shape index (κ3) is 6.11. The zero-order valence-electron chi connectivity index (χ0n) is 14.0. The molecule has 1 aromatic rings. The zero-order chi connectivity index (χ0) is 14.6. The molecule has 0 saturated carbocycles. The molecule has 0 atom stereocenters. The van der Waals surface area contributed by atoms with Crippen LogP contribution in [0.2, 0.25) is 0 Å². The second kappa shape index (κ2) is 10.9. The van der Waals surface area contributed by atoms with Gasteiger partial charge in [0.15, 0.2) is 0 Å². The van der Waals surface area contributed by atoms with E-state index in [1.165, 1.54) is 76.6 Å². The Hall–Kier alpha value is -0.790. The van der Waals surface area contributed by atoms with Gasteiger partial charge in [0, 0.05) is 6.42 Å². The molecule has 0 saturated heterocycles. The Kier molecular flexibility index (Phi) is 9.44. The Morgan fingerprint density at radius 1 is 0.850 bits per heavy atom. The minimum atomic E-state index is 1.10. The van der Waals surface area contributed by atoms with Gasteiger partial charge in [-0.1, -0.05) is 58.8 Å². The molecule has 0 aromatic carbocycles. The van der Waals surface area contributed by atoms with Crippen molar-refractivity contribution in [2.24, 2.45) is 0 Å². The summed E-state index contributed by atoms with van der Waals surface area (Å²) in [5.41, 5.74) is 0. The number of unbranched alkanes of at least 4 members (excludes halogenated alkanes) is 7. The van der Waals surface area contributed by atoms with Gasteiger partial charge in [-0.3, -0.25) is 0 Å². The summed E-state index contributed by atoms with van der Waals surface area (Å²) in [5.74, 6) is 1.53. The molecule has 0 aliphatic rings. The van der Waals surface area contributed by atoms with E-state index in [2.05, 4.69) is 42.3 Å². The fourth-order valence-electron chi connectivity index (χ4n) is 2.93. The topological polar surface area (TPSA) is 8.81 Å². The summed E-state index contributed by atoms with van der Waals surface area (Å²) in [6.07, 6.45) is 18.2. The molecular weight excluding hydrogens is 244 g/mol. The Morgan fingerprint density at radius 3 is 2.10 bits per heavy atom. The summed E-state index contributed by atoms with van der Waals surface area (Å²) < 4.78 is 4.86. The largest absolute Gasteiger partial charge is 0.256 e. The maximum Gasteiger partial charge on any atom is 0.256 e. The first-order valence-corrected chi connectivity index (χ1v) is 8.90. The number of imidazole rings is 1. The number of rotatable bonds is 12. The molecule has 1 heterocycles. The molecule has 0 fully saturated rings. The maximum absolute atomic E-state index is 2.45. The van der Waals surface area contributed by atoms with E-state index < -0.39 is 0 Å². The normalized spacial score (nSPS) is 11.2. The molecular formula is C18H35N2+. The maximum atomic E-state index is 2.45. The van der Waals surface area contributed by atoms with Gasteiger partial charge >= 0.3 is 0 Å². The van der Waals surface area contributed by atoms with Gasteiger partial charge in [-0.2, -0.15) is 0 Å². The van der Waals surface area contributed by atoms with E-state index in [0.29, 0.717) is 0 Å². The van der Waals surface area contributed by atoms with E-state index >= 15 is 0 Å². The lowest BCUT2D eigenvalue weighted by atomic mass is 10.1. The van der Waals surface area contributed by atoms with Crippen LogP contribution in [0.15, 0.2) is 12.4 Å². The lowest BCUT2D eigenvalue weighted by molar-refractivity contribution is -0.703. The van der Waals surface area contributed by atoms with Gasteiger partial charge in [-0.15, -0.1) is 0 Å². The summed E-state index contributed by atoms with van der Waals surface area (Å²) >= 11 is 0. The van der Waals surface area contributed by atoms with E-state index in [9.17, 15) is 0 Å². The van der Waals surface area contributed by atoms with Crippen molar-refractivity contribution in [3.8, 4) is 0 Å². The molecule has 2 heteroatoms. The Morgan fingerprint density at radius 2 is 1.50 bits per heavy atom. The third-order valence-corrected chi connectivity index (χ3v) is 4.15. The van der Waals surface area contributed by atoms with Crippen molar-refractivity contribution in [1.29, 1.82) is 0 Å². The van der Waals surface area contributed by atoms with Gasteiger partial charge in [-0.05, 0) is 19.8 Å². The van der Waals surface area contributed by atoms with Crippen LogP contribution in [0.25, 0.3) is 0 Å². The SMILES string of the molecule is CCCCCCCCCCc1n(CC)cc[n+]1CCC. The fourth-order valence-corrected chi connectivity index (χ4v) is 2.93. The Labute approximate surface area is 126 Å². The summed E-state index contributed by atoms with van der Waals surface area (Å²) in [4.78, 5) is 0. The van der Waals surface area contributed by atoms with Crippen molar-refractivity contribution in [3.63, 3.8) is 0 Å². The monoisotopic (exact) mass is 279 g/mol. The second-order valence-corrected chi connectivity index (χ2v) is 5.92. The Balaban J connectivity index is 2.22. The van der Waals surface area contributed by atoms with Gasteiger partial charge in [0.2, 0.25) is 0 Å². The van der Waals surface area contributed by atoms with Gasteiger partial charge in [-0.25, -0.2) is 9.13 Å². The standard InChI is InChI=1S/C18H35N2/c1-4-7-8-9-10-11-12-13-14-18-19(6-3)16-17-20(18)15-5-2/h16-17H,4-15H2,1-3H3/q+1. The first-order valence-electron chi connectivity index (χ1n) is 8.90. The molecule has 0 unspecified atom stereocenters. The highest BCUT2D eigenvalue weighted by molar-refractivity contribution is 4.83. The summed E-state index contributed by atoms with van der Waals surface area (Å²) in [5, 5.41) is 0. The van der Waals surface area contributed by atoms with Gasteiger partial charge < -0.3 is 0 Å². The van der Waals surface area contributed by atoms with E-state index in [0.717, 1.165) is 6.54 Å². The average molecular weight is 279 g/mol. The van der Waals surface area contributed by atoms with Crippen LogP contribution in [0.1, 0.15) is 84.4 Å². The minimum absolute atomic E-state index is 1.10. The second-order valence-electron chi connectivity index (χ2n) is 5.92. The summed E-state index contributed by atoms with van der Waals surface area (Å²) in [6, 6.07) is 0. The molecule has 0 radical (unpaired) electrons. The molecule has 0 N–H and O–H groups in total. The van der Waals surface area contributed by atoms with Crippen molar-refractivity contribution < 1.29 is 4.57 Å². The molecule has 0 aliphatic heterocycles. The van der Waals surface area contributed by atoms with Crippen LogP contribution in [0.5, 0.6) is 0 Å². The first-order chi connectivity index (χ1) is 9.83. The molecule has 0 amide bonds. The Bertz CT molecular complexity index is 341. The first kappa shape index (κ1) is 17.3. The molecule has 2 nitrogen and oxygen atoms in total. The summed E-state index contributed by atoms with van der Waals surface area (Å²) in [6.45, 7) is 9.06. The van der Waals surface area contributed by atoms with Crippen LogP contribution >= 0.6 is 0 Å². The average Bonchev–Trinajstić information content (AvgIpc) is 2.84. The van der Waals surface area contributed by atoms with Crippen LogP contribution in [-0.4, -0.2) is 4.57 Å². The van der Waals surface area contributed by atoms with E-state index in [-0.39, 0.29) is 0 Å². The van der Waals surface area contributed by atoms with Crippen molar-refractivity contribution in [1.82, 2.24) is 4.57 Å². The lowest BCUT2D eigenvalue weighted by Crippen LogP contribution is -2.37. The van der Waals surface area contributed by atoms with Crippen LogP contribution < -0.4 is 4.57 Å². The molecule has 0 spiro atoms. The third-order valence-electron chi connectivity index (χ3n) is 4.15. The lowest BCUT2D eigenvalue weighted by Gasteiger charge is -2.04. The minimum Gasteiger partial charge on any atom is -0.235 e. The van der Waals surface area contributed by atoms with E-state index in [4.69, 9.17) is 0 Å². The highest BCUT2D eigenvalue weighted by atomic mass is 15.1.